The molecule has 51 heavy (non-hydrogen) atoms. The zero-order valence-electron chi connectivity index (χ0n) is 27.1. The van der Waals surface area contributed by atoms with Crippen LogP contribution in [0.4, 0.5) is 0 Å². The molecule has 5 nitrogen and oxygen atoms in total. The zero-order valence-corrected chi connectivity index (χ0v) is 27.9. The average Bonchev–Trinajstić information content (AvgIpc) is 3.88. The first-order valence-corrected chi connectivity index (χ1v) is 17.8. The van der Waals surface area contributed by atoms with Crippen LogP contribution < -0.4 is 0 Å². The number of aromatic nitrogens is 4. The summed E-state index contributed by atoms with van der Waals surface area (Å²) in [6.07, 6.45) is 0. The van der Waals surface area contributed by atoms with Gasteiger partial charge in [-0.15, -0.1) is 11.3 Å². The summed E-state index contributed by atoms with van der Waals surface area (Å²) >= 11 is 1.83. The number of benzene rings is 7. The van der Waals surface area contributed by atoms with E-state index >= 15 is 0 Å². The zero-order chi connectivity index (χ0) is 33.5. The fourth-order valence-corrected chi connectivity index (χ4v) is 8.82. The van der Waals surface area contributed by atoms with Gasteiger partial charge in [0.2, 0.25) is 0 Å². The van der Waals surface area contributed by atoms with Crippen LogP contribution in [0.15, 0.2) is 162 Å². The second-order valence-corrected chi connectivity index (χ2v) is 13.8. The van der Waals surface area contributed by atoms with E-state index in [1.54, 1.807) is 0 Å². The fraction of sp³-hybridized carbons (Fsp3) is 0. The molecule has 0 spiro atoms. The smallest absolute Gasteiger partial charge is 0.164 e. The van der Waals surface area contributed by atoms with Crippen LogP contribution in [0.1, 0.15) is 0 Å². The maximum Gasteiger partial charge on any atom is 0.164 e. The fourth-order valence-electron chi connectivity index (χ4n) is 7.58. The highest BCUT2D eigenvalue weighted by atomic mass is 32.1. The summed E-state index contributed by atoms with van der Waals surface area (Å²) in [4.78, 5) is 14.8. The summed E-state index contributed by atoms with van der Waals surface area (Å²) in [6.45, 7) is 0. The number of rotatable bonds is 4. The average molecular weight is 671 g/mol. The third-order valence-electron chi connectivity index (χ3n) is 9.84. The molecule has 11 aromatic rings. The first-order valence-electron chi connectivity index (χ1n) is 17.0. The maximum atomic E-state index is 6.73. The van der Waals surface area contributed by atoms with E-state index in [1.807, 2.05) is 78.1 Å². The Morgan fingerprint density at radius 2 is 1.00 bits per heavy atom. The number of fused-ring (bicyclic) bond motifs is 12. The van der Waals surface area contributed by atoms with Gasteiger partial charge in [0, 0.05) is 59.4 Å². The van der Waals surface area contributed by atoms with Crippen LogP contribution in [-0.2, 0) is 0 Å². The summed E-state index contributed by atoms with van der Waals surface area (Å²) in [6, 6.07) is 54.6. The van der Waals surface area contributed by atoms with Gasteiger partial charge in [-0.05, 0) is 42.5 Å². The van der Waals surface area contributed by atoms with Gasteiger partial charge in [0.15, 0.2) is 17.5 Å². The monoisotopic (exact) mass is 670 g/mol. The number of para-hydroxylation sites is 2. The summed E-state index contributed by atoms with van der Waals surface area (Å²) in [5.74, 6) is 1.93. The predicted octanol–water partition coefficient (Wildman–Crippen LogP) is 12.2. The molecule has 11 rings (SSSR count). The first-order chi connectivity index (χ1) is 25.3. The van der Waals surface area contributed by atoms with Crippen LogP contribution in [0.2, 0.25) is 0 Å². The Kier molecular flexibility index (Phi) is 6.05. The quantitative estimate of drug-likeness (QED) is 0.187. The Hall–Kier alpha value is -6.63. The molecule has 0 radical (unpaired) electrons. The van der Waals surface area contributed by atoms with Gasteiger partial charge in [0.25, 0.3) is 0 Å². The predicted molar refractivity (Wildman–Crippen MR) is 211 cm³/mol. The van der Waals surface area contributed by atoms with Crippen molar-refractivity contribution in [1.29, 1.82) is 0 Å². The maximum absolute atomic E-state index is 6.73. The Labute approximate surface area is 295 Å². The third kappa shape index (κ3) is 4.24. The first kappa shape index (κ1) is 28.2. The Morgan fingerprint density at radius 3 is 1.69 bits per heavy atom. The van der Waals surface area contributed by atoms with Crippen LogP contribution in [0.3, 0.4) is 0 Å². The van der Waals surface area contributed by atoms with E-state index < -0.39 is 0 Å². The topological polar surface area (TPSA) is 56.7 Å². The van der Waals surface area contributed by atoms with E-state index in [4.69, 9.17) is 19.4 Å². The molecule has 0 N–H and O–H groups in total. The van der Waals surface area contributed by atoms with Gasteiger partial charge in [-0.2, -0.15) is 0 Å². The van der Waals surface area contributed by atoms with Crippen molar-refractivity contribution < 1.29 is 4.42 Å². The molecule has 6 heteroatoms. The molecule has 0 aliphatic rings. The second-order valence-electron chi connectivity index (χ2n) is 12.8. The standard InChI is InChI=1S/C45H26N4OS/c1-3-13-27(14-4-1)43-46-44(28-15-5-2-6-16-28)48-45(47-43)29-23-25-30(26-24-29)49-34-20-10-7-17-31(34)37-38-32-18-8-11-21-35(32)50-41(38)39-33-19-9-12-22-36(33)51-42(39)40(37)49/h1-26H. The van der Waals surface area contributed by atoms with Gasteiger partial charge in [-0.1, -0.05) is 115 Å². The summed E-state index contributed by atoms with van der Waals surface area (Å²) in [5, 5.41) is 7.09. The van der Waals surface area contributed by atoms with E-state index in [2.05, 4.69) is 95.6 Å². The number of hydrogen-bond acceptors (Lipinski definition) is 5. The van der Waals surface area contributed by atoms with Crippen molar-refractivity contribution in [2.75, 3.05) is 0 Å². The van der Waals surface area contributed by atoms with Gasteiger partial charge in [-0.25, -0.2) is 15.0 Å². The summed E-state index contributed by atoms with van der Waals surface area (Å²) in [7, 11) is 0. The van der Waals surface area contributed by atoms with Gasteiger partial charge in [0.1, 0.15) is 11.2 Å². The minimum absolute atomic E-state index is 0.634. The van der Waals surface area contributed by atoms with Crippen LogP contribution in [0.5, 0.6) is 0 Å². The van der Waals surface area contributed by atoms with Crippen LogP contribution in [-0.4, -0.2) is 19.5 Å². The molecule has 0 fully saturated rings. The molecule has 0 aliphatic heterocycles. The van der Waals surface area contributed by atoms with E-state index in [9.17, 15) is 0 Å². The summed E-state index contributed by atoms with van der Waals surface area (Å²) < 4.78 is 11.6. The van der Waals surface area contributed by atoms with E-state index in [1.165, 1.54) is 36.5 Å². The molecule has 7 aromatic carbocycles. The third-order valence-corrected chi connectivity index (χ3v) is 11.0. The highest BCUT2D eigenvalue weighted by Gasteiger charge is 2.25. The van der Waals surface area contributed by atoms with Gasteiger partial charge < -0.3 is 8.98 Å². The molecule has 0 bridgehead atoms. The molecule has 4 aromatic heterocycles. The summed E-state index contributed by atoms with van der Waals surface area (Å²) in [5.41, 5.74) is 8.08. The lowest BCUT2D eigenvalue weighted by Crippen LogP contribution is -2.00. The SMILES string of the molecule is c1ccc(-c2nc(-c3ccccc3)nc(-c3ccc(-n4c5ccccc5c5c6c7ccccc7oc6c6c7ccccc7sc6c54)cc3)n2)cc1. The van der Waals surface area contributed by atoms with Crippen LogP contribution >= 0.6 is 11.3 Å². The van der Waals surface area contributed by atoms with Crippen LogP contribution in [0.25, 0.3) is 104 Å². The normalized spacial score (nSPS) is 11.9. The number of hydrogen-bond donors (Lipinski definition) is 0. The van der Waals surface area contributed by atoms with Crippen molar-refractivity contribution in [3.63, 3.8) is 0 Å². The lowest BCUT2D eigenvalue weighted by Gasteiger charge is -2.11. The van der Waals surface area contributed by atoms with E-state index in [0.29, 0.717) is 17.5 Å². The minimum atomic E-state index is 0.634. The molecule has 0 unspecified atom stereocenters. The Balaban J connectivity index is 1.18. The van der Waals surface area contributed by atoms with Crippen molar-refractivity contribution >= 4 is 75.3 Å². The van der Waals surface area contributed by atoms with Crippen molar-refractivity contribution in [2.45, 2.75) is 0 Å². The highest BCUT2D eigenvalue weighted by molar-refractivity contribution is 7.27. The Bertz CT molecular complexity index is 3070. The molecule has 0 saturated carbocycles. The van der Waals surface area contributed by atoms with Crippen molar-refractivity contribution in [3.8, 4) is 39.9 Å². The Morgan fingerprint density at radius 1 is 0.451 bits per heavy atom. The van der Waals surface area contributed by atoms with Crippen LogP contribution in [0, 0.1) is 0 Å². The van der Waals surface area contributed by atoms with Gasteiger partial charge in [-0.3, -0.25) is 0 Å². The number of furan rings is 1. The highest BCUT2D eigenvalue weighted by Crippen LogP contribution is 2.50. The molecular formula is C45H26N4OS. The molecule has 0 saturated heterocycles. The number of nitrogens with zero attached hydrogens (tertiary/aromatic N) is 4. The molecule has 0 amide bonds. The molecule has 0 atom stereocenters. The van der Waals surface area contributed by atoms with Crippen molar-refractivity contribution in [1.82, 2.24) is 19.5 Å². The largest absolute Gasteiger partial charge is 0.455 e. The second kappa shape index (κ2) is 10.9. The molecular weight excluding hydrogens is 645 g/mol. The lowest BCUT2D eigenvalue weighted by atomic mass is 10.0. The van der Waals surface area contributed by atoms with Gasteiger partial charge >= 0.3 is 0 Å². The van der Waals surface area contributed by atoms with E-state index in [0.717, 1.165) is 49.8 Å². The molecule has 238 valence electrons. The van der Waals surface area contributed by atoms with Crippen molar-refractivity contribution in [3.05, 3.63) is 158 Å². The van der Waals surface area contributed by atoms with Crippen molar-refractivity contribution in [2.24, 2.45) is 0 Å². The lowest BCUT2D eigenvalue weighted by molar-refractivity contribution is 0.673. The minimum Gasteiger partial charge on any atom is -0.455 e. The molecule has 4 heterocycles. The van der Waals surface area contributed by atoms with E-state index in [-0.39, 0.29) is 0 Å². The number of thiophene rings is 1. The molecule has 0 aliphatic carbocycles. The van der Waals surface area contributed by atoms with Gasteiger partial charge in [0.05, 0.1) is 15.7 Å².